The van der Waals surface area contributed by atoms with E-state index in [-0.39, 0.29) is 5.78 Å². The fourth-order valence-electron chi connectivity index (χ4n) is 3.06. The molecule has 23 heavy (non-hydrogen) atoms. The van der Waals surface area contributed by atoms with Crippen LogP contribution in [0, 0.1) is 5.41 Å². The Bertz CT molecular complexity index is 789. The van der Waals surface area contributed by atoms with E-state index in [0.717, 1.165) is 5.56 Å². The minimum absolute atomic E-state index is 0.111. The van der Waals surface area contributed by atoms with Gasteiger partial charge < -0.3 is 5.11 Å². The van der Waals surface area contributed by atoms with Crippen LogP contribution < -0.4 is 0 Å². The molecular formula is C19H16Cl2O2. The smallest absolute Gasteiger partial charge is 0.165 e. The first-order valence-electron chi connectivity index (χ1n) is 7.28. The van der Waals surface area contributed by atoms with E-state index in [2.05, 4.69) is 0 Å². The van der Waals surface area contributed by atoms with E-state index < -0.39 is 11.0 Å². The molecule has 0 fully saturated rings. The van der Waals surface area contributed by atoms with Gasteiger partial charge in [0.15, 0.2) is 5.78 Å². The van der Waals surface area contributed by atoms with Crippen LogP contribution >= 0.6 is 23.2 Å². The van der Waals surface area contributed by atoms with E-state index in [4.69, 9.17) is 23.2 Å². The summed E-state index contributed by atoms with van der Waals surface area (Å²) in [7, 11) is 0. The molecule has 0 amide bonds. The number of aliphatic hydroxyl groups is 1. The molecule has 0 unspecified atom stereocenters. The zero-order valence-corrected chi connectivity index (χ0v) is 14.3. The van der Waals surface area contributed by atoms with Crippen molar-refractivity contribution < 1.29 is 9.90 Å². The monoisotopic (exact) mass is 346 g/mol. The van der Waals surface area contributed by atoms with Gasteiger partial charge in [-0.25, -0.2) is 0 Å². The number of ketones is 1. The second kappa shape index (κ2) is 5.48. The lowest BCUT2D eigenvalue weighted by molar-refractivity contribution is -0.130. The topological polar surface area (TPSA) is 37.3 Å². The van der Waals surface area contributed by atoms with Crippen molar-refractivity contribution in [3.8, 4) is 0 Å². The Balaban J connectivity index is 2.21. The lowest BCUT2D eigenvalue weighted by atomic mass is 9.69. The van der Waals surface area contributed by atoms with Crippen LogP contribution in [0.4, 0.5) is 0 Å². The molecule has 4 heteroatoms. The van der Waals surface area contributed by atoms with E-state index in [1.807, 2.05) is 12.1 Å². The maximum Gasteiger partial charge on any atom is 0.165 e. The van der Waals surface area contributed by atoms with Gasteiger partial charge in [0.25, 0.3) is 0 Å². The van der Waals surface area contributed by atoms with Crippen molar-refractivity contribution in [1.29, 1.82) is 0 Å². The Kier molecular flexibility index (Phi) is 3.88. The molecule has 0 bridgehead atoms. The highest BCUT2D eigenvalue weighted by molar-refractivity contribution is 6.31. The number of allylic oxidation sites excluding steroid dienone is 1. The van der Waals surface area contributed by atoms with Crippen LogP contribution in [0.3, 0.4) is 0 Å². The summed E-state index contributed by atoms with van der Waals surface area (Å²) in [6.07, 6.45) is 1.53. The molecule has 0 aliphatic heterocycles. The predicted octanol–water partition coefficient (Wildman–Crippen LogP) is 4.87. The highest BCUT2D eigenvalue weighted by Crippen LogP contribution is 2.54. The van der Waals surface area contributed by atoms with Gasteiger partial charge in [-0.15, -0.1) is 0 Å². The molecule has 2 nitrogen and oxygen atoms in total. The number of carbonyl (C=O) groups excluding carboxylic acids is 1. The molecule has 0 heterocycles. The molecule has 2 aromatic rings. The van der Waals surface area contributed by atoms with Crippen LogP contribution in [-0.4, -0.2) is 10.9 Å². The van der Waals surface area contributed by atoms with Crippen LogP contribution in [0.25, 0.3) is 5.57 Å². The third kappa shape index (κ3) is 2.42. The summed E-state index contributed by atoms with van der Waals surface area (Å²) in [5.41, 5.74) is -0.422. The minimum atomic E-state index is -1.43. The van der Waals surface area contributed by atoms with E-state index in [9.17, 15) is 9.90 Å². The molecule has 0 saturated carbocycles. The summed E-state index contributed by atoms with van der Waals surface area (Å²) in [5, 5.41) is 12.8. The predicted molar refractivity (Wildman–Crippen MR) is 93.6 cm³/mol. The quantitative estimate of drug-likeness (QED) is 0.841. The zero-order valence-electron chi connectivity index (χ0n) is 12.8. The Morgan fingerprint density at radius 1 is 0.870 bits per heavy atom. The molecule has 1 aliphatic rings. The average molecular weight is 347 g/mol. The Hall–Kier alpha value is -1.61. The number of benzene rings is 2. The second-order valence-electron chi connectivity index (χ2n) is 6.27. The first-order valence-corrected chi connectivity index (χ1v) is 8.03. The van der Waals surface area contributed by atoms with Crippen molar-refractivity contribution in [2.45, 2.75) is 19.4 Å². The lowest BCUT2D eigenvalue weighted by Gasteiger charge is -2.38. The summed E-state index contributed by atoms with van der Waals surface area (Å²) < 4.78 is 0. The highest BCUT2D eigenvalue weighted by atomic mass is 35.5. The van der Waals surface area contributed by atoms with Gasteiger partial charge in [-0.1, -0.05) is 47.5 Å². The molecule has 0 aromatic heterocycles. The van der Waals surface area contributed by atoms with Gasteiger partial charge >= 0.3 is 0 Å². The molecule has 1 N–H and O–H groups in total. The number of rotatable bonds is 2. The second-order valence-corrected chi connectivity index (χ2v) is 7.14. The standard InChI is InChI=1S/C19H16Cl2O2/c1-18(2)17(22)11-16(12-3-7-14(20)8-4-12)19(18,23)13-5-9-15(21)10-6-13/h3-11,23H,1-2H3/t19-/m0/s1. The third-order valence-corrected chi connectivity index (χ3v) is 5.11. The van der Waals surface area contributed by atoms with Crippen LogP contribution in [0.15, 0.2) is 54.6 Å². The molecule has 3 rings (SSSR count). The molecule has 0 radical (unpaired) electrons. The van der Waals surface area contributed by atoms with Gasteiger partial charge in [0.2, 0.25) is 0 Å². The van der Waals surface area contributed by atoms with Gasteiger partial charge in [-0.3, -0.25) is 4.79 Å². The van der Waals surface area contributed by atoms with E-state index in [1.54, 1.807) is 50.2 Å². The number of halogens is 2. The molecule has 0 spiro atoms. The van der Waals surface area contributed by atoms with Crippen molar-refractivity contribution >= 4 is 34.6 Å². The highest BCUT2D eigenvalue weighted by Gasteiger charge is 2.56. The number of carbonyl (C=O) groups is 1. The summed E-state index contributed by atoms with van der Waals surface area (Å²) in [6, 6.07) is 14.1. The molecule has 0 saturated heterocycles. The Morgan fingerprint density at radius 2 is 1.35 bits per heavy atom. The number of hydrogen-bond acceptors (Lipinski definition) is 2. The van der Waals surface area contributed by atoms with Gasteiger partial charge in [0, 0.05) is 10.0 Å². The lowest BCUT2D eigenvalue weighted by Crippen LogP contribution is -2.43. The zero-order chi connectivity index (χ0) is 16.8. The van der Waals surface area contributed by atoms with Gasteiger partial charge in [-0.05, 0) is 60.9 Å². The third-order valence-electron chi connectivity index (χ3n) is 4.60. The largest absolute Gasteiger partial charge is 0.379 e. The maximum absolute atomic E-state index is 12.5. The molecule has 1 atom stereocenters. The van der Waals surface area contributed by atoms with Crippen molar-refractivity contribution in [3.63, 3.8) is 0 Å². The van der Waals surface area contributed by atoms with Crippen LogP contribution in [-0.2, 0) is 10.4 Å². The van der Waals surface area contributed by atoms with Crippen molar-refractivity contribution in [2.24, 2.45) is 5.41 Å². The fraction of sp³-hybridized carbons (Fsp3) is 0.211. The van der Waals surface area contributed by atoms with Gasteiger partial charge in [0.05, 0.1) is 5.41 Å². The molecule has 2 aromatic carbocycles. The first-order chi connectivity index (χ1) is 10.8. The number of hydrogen-bond donors (Lipinski definition) is 1. The van der Waals surface area contributed by atoms with E-state index >= 15 is 0 Å². The van der Waals surface area contributed by atoms with Crippen LogP contribution in [0.1, 0.15) is 25.0 Å². The molecule has 1 aliphatic carbocycles. The summed E-state index contributed by atoms with van der Waals surface area (Å²) >= 11 is 11.9. The van der Waals surface area contributed by atoms with E-state index in [1.165, 1.54) is 6.08 Å². The van der Waals surface area contributed by atoms with Crippen molar-refractivity contribution in [3.05, 3.63) is 75.8 Å². The SMILES string of the molecule is CC1(C)C(=O)C=C(c2ccc(Cl)cc2)[C@@]1(O)c1ccc(Cl)cc1. The van der Waals surface area contributed by atoms with E-state index in [0.29, 0.717) is 21.2 Å². The Morgan fingerprint density at radius 3 is 1.87 bits per heavy atom. The fourth-order valence-corrected chi connectivity index (χ4v) is 3.31. The first kappa shape index (κ1) is 16.3. The molecular weight excluding hydrogens is 331 g/mol. The van der Waals surface area contributed by atoms with Crippen molar-refractivity contribution in [1.82, 2.24) is 0 Å². The van der Waals surface area contributed by atoms with Crippen LogP contribution in [0.2, 0.25) is 10.0 Å². The normalized spacial score (nSPS) is 23.0. The van der Waals surface area contributed by atoms with Gasteiger partial charge in [-0.2, -0.15) is 0 Å². The summed E-state index contributed by atoms with van der Waals surface area (Å²) in [6.45, 7) is 3.51. The molecule has 118 valence electrons. The van der Waals surface area contributed by atoms with Crippen LogP contribution in [0.5, 0.6) is 0 Å². The Labute approximate surface area is 145 Å². The van der Waals surface area contributed by atoms with Crippen molar-refractivity contribution in [2.75, 3.05) is 0 Å². The van der Waals surface area contributed by atoms with Gasteiger partial charge in [0.1, 0.15) is 5.60 Å². The minimum Gasteiger partial charge on any atom is -0.379 e. The summed E-state index contributed by atoms with van der Waals surface area (Å²) in [5.74, 6) is -0.111. The average Bonchev–Trinajstić information content (AvgIpc) is 2.70. The maximum atomic E-state index is 12.5. The summed E-state index contributed by atoms with van der Waals surface area (Å²) in [4.78, 5) is 12.5.